The van der Waals surface area contributed by atoms with E-state index in [1.54, 1.807) is 14.2 Å². The predicted molar refractivity (Wildman–Crippen MR) is 111 cm³/mol. The van der Waals surface area contributed by atoms with Gasteiger partial charge < -0.3 is 37.9 Å². The molecule has 0 N–H and O–H groups in total. The molecule has 0 spiro atoms. The highest BCUT2D eigenvalue weighted by molar-refractivity contribution is 5.83. The van der Waals surface area contributed by atoms with Gasteiger partial charge in [0.1, 0.15) is 6.04 Å². The summed E-state index contributed by atoms with van der Waals surface area (Å²) in [5.41, 5.74) is 4.06. The van der Waals surface area contributed by atoms with Crippen LogP contribution in [-0.4, -0.2) is 39.3 Å². The highest BCUT2D eigenvalue weighted by atomic mass is 127. The van der Waals surface area contributed by atoms with E-state index in [9.17, 15) is 0 Å². The molecule has 0 saturated carbocycles. The fourth-order valence-electron chi connectivity index (χ4n) is 4.43. The van der Waals surface area contributed by atoms with E-state index in [4.69, 9.17) is 9.47 Å². The van der Waals surface area contributed by atoms with Crippen molar-refractivity contribution in [3.8, 4) is 11.5 Å². The van der Waals surface area contributed by atoms with E-state index in [1.165, 1.54) is 27.5 Å². The molecule has 0 radical (unpaired) electrons. The van der Waals surface area contributed by atoms with Crippen LogP contribution in [0.4, 0.5) is 0 Å². The molecule has 1 atom stereocenters. The highest BCUT2D eigenvalue weighted by Gasteiger charge is 2.39. The Kier molecular flexibility index (Phi) is 6.20. The smallest absolute Gasteiger partial charge is 0.170 e. The molecule has 0 saturated heterocycles. The van der Waals surface area contributed by atoms with Gasteiger partial charge in [-0.1, -0.05) is 48.5 Å². The van der Waals surface area contributed by atoms with E-state index in [1.807, 2.05) is 6.07 Å². The van der Waals surface area contributed by atoms with Crippen LogP contribution in [0, 0.1) is 0 Å². The molecule has 0 aliphatic carbocycles. The minimum atomic E-state index is 0. The average Bonchev–Trinajstić information content (AvgIpc) is 2.69. The molecule has 0 bridgehead atoms. The molecule has 0 amide bonds. The fourth-order valence-corrected chi connectivity index (χ4v) is 4.43. The lowest BCUT2D eigenvalue weighted by Gasteiger charge is -2.43. The number of hydrogen-bond donors (Lipinski definition) is 0. The minimum absolute atomic E-state index is 0. The van der Waals surface area contributed by atoms with E-state index >= 15 is 0 Å². The quantitative estimate of drug-likeness (QED) is 0.411. The number of fused-ring (bicyclic) bond motifs is 2. The molecule has 0 aromatic heterocycles. The van der Waals surface area contributed by atoms with Crippen LogP contribution in [0.1, 0.15) is 22.7 Å². The zero-order valence-corrected chi connectivity index (χ0v) is 19.2. The summed E-state index contributed by atoms with van der Waals surface area (Å²) in [4.78, 5) is 0. The molecule has 28 heavy (non-hydrogen) atoms. The summed E-state index contributed by atoms with van der Waals surface area (Å²) >= 11 is 0. The lowest BCUT2D eigenvalue weighted by Crippen LogP contribution is -3.00. The fraction of sp³-hybridized carbons (Fsp3) is 0.333. The first-order valence-corrected chi connectivity index (χ1v) is 9.57. The molecule has 4 rings (SSSR count). The van der Waals surface area contributed by atoms with E-state index in [0.717, 1.165) is 35.4 Å². The Labute approximate surface area is 184 Å². The van der Waals surface area contributed by atoms with Gasteiger partial charge in [0.2, 0.25) is 0 Å². The maximum atomic E-state index is 5.83. The zero-order valence-electron chi connectivity index (χ0n) is 17.0. The number of ether oxygens (including phenoxy) is 2. The van der Waals surface area contributed by atoms with Gasteiger partial charge >= 0.3 is 0 Å². The first-order chi connectivity index (χ1) is 13.0. The summed E-state index contributed by atoms with van der Waals surface area (Å²) in [6.45, 7) is 1.13. The molecule has 1 aliphatic rings. The van der Waals surface area contributed by atoms with Gasteiger partial charge in [-0.25, -0.2) is 0 Å². The predicted octanol–water partition coefficient (Wildman–Crippen LogP) is 1.78. The number of likely N-dealkylation sites (N-methyl/N-ethyl adjacent to an activating group) is 1. The van der Waals surface area contributed by atoms with Crippen molar-refractivity contribution in [1.29, 1.82) is 0 Å². The Morgan fingerprint density at radius 1 is 0.929 bits per heavy atom. The first kappa shape index (κ1) is 20.9. The van der Waals surface area contributed by atoms with Crippen molar-refractivity contribution >= 4 is 10.8 Å². The molecule has 1 aliphatic heterocycles. The Morgan fingerprint density at radius 3 is 2.39 bits per heavy atom. The van der Waals surface area contributed by atoms with Gasteiger partial charge in [-0.15, -0.1) is 0 Å². The third-order valence-corrected chi connectivity index (χ3v) is 6.05. The molecule has 3 nitrogen and oxygen atoms in total. The maximum absolute atomic E-state index is 5.83. The molecular weight excluding hydrogens is 461 g/mol. The second-order valence-corrected chi connectivity index (χ2v) is 8.03. The number of methoxy groups -OCH3 is 2. The Bertz CT molecular complexity index is 984. The molecule has 1 heterocycles. The second kappa shape index (κ2) is 8.29. The number of nitrogens with zero attached hydrogens (tertiary/aromatic N) is 1. The van der Waals surface area contributed by atoms with Crippen molar-refractivity contribution in [2.24, 2.45) is 0 Å². The lowest BCUT2D eigenvalue weighted by atomic mass is 9.86. The largest absolute Gasteiger partial charge is 1.00 e. The molecule has 4 heteroatoms. The van der Waals surface area contributed by atoms with Gasteiger partial charge in [0.25, 0.3) is 0 Å². The average molecular weight is 489 g/mol. The minimum Gasteiger partial charge on any atom is -1.00 e. The van der Waals surface area contributed by atoms with Crippen LogP contribution >= 0.6 is 0 Å². The van der Waals surface area contributed by atoms with E-state index < -0.39 is 0 Å². The molecule has 3 aromatic rings. The van der Waals surface area contributed by atoms with Gasteiger partial charge in [0.15, 0.2) is 11.5 Å². The van der Waals surface area contributed by atoms with Crippen LogP contribution in [0.15, 0.2) is 54.6 Å². The topological polar surface area (TPSA) is 18.5 Å². The van der Waals surface area contributed by atoms with Gasteiger partial charge in [-0.3, -0.25) is 0 Å². The highest BCUT2D eigenvalue weighted by Crippen LogP contribution is 2.45. The SMILES string of the molecule is COc1ccc2c(c1OC)C(Cc1ccc3ccccc3c1)[N+](C)(C)CC2.[I-]. The van der Waals surface area contributed by atoms with E-state index in [-0.39, 0.29) is 24.0 Å². The normalized spacial score (nSPS) is 17.5. The maximum Gasteiger partial charge on any atom is 0.170 e. The van der Waals surface area contributed by atoms with Crippen LogP contribution in [0.3, 0.4) is 0 Å². The van der Waals surface area contributed by atoms with E-state index in [0.29, 0.717) is 6.04 Å². The summed E-state index contributed by atoms with van der Waals surface area (Å²) in [5.74, 6) is 1.72. The van der Waals surface area contributed by atoms with Gasteiger partial charge in [-0.2, -0.15) is 0 Å². The van der Waals surface area contributed by atoms with Crippen molar-refractivity contribution in [2.75, 3.05) is 34.9 Å². The summed E-state index contributed by atoms with van der Waals surface area (Å²) in [5, 5.41) is 2.59. The molecule has 0 fully saturated rings. The molecule has 3 aromatic carbocycles. The van der Waals surface area contributed by atoms with Crippen LogP contribution in [0.2, 0.25) is 0 Å². The molecule has 1 unspecified atom stereocenters. The number of quaternary nitrogens is 1. The second-order valence-electron chi connectivity index (χ2n) is 8.03. The van der Waals surface area contributed by atoms with Crippen LogP contribution in [0.5, 0.6) is 11.5 Å². The van der Waals surface area contributed by atoms with Gasteiger partial charge in [0, 0.05) is 12.8 Å². The van der Waals surface area contributed by atoms with Gasteiger partial charge in [-0.05, 0) is 28.0 Å². The van der Waals surface area contributed by atoms with Crippen LogP contribution in [0.25, 0.3) is 10.8 Å². The van der Waals surface area contributed by atoms with Crippen LogP contribution < -0.4 is 33.5 Å². The van der Waals surface area contributed by atoms with Crippen molar-refractivity contribution < 1.29 is 37.9 Å². The number of rotatable bonds is 4. The monoisotopic (exact) mass is 489 g/mol. The van der Waals surface area contributed by atoms with Crippen molar-refractivity contribution in [3.05, 3.63) is 71.3 Å². The molecular formula is C24H28INO2. The Balaban J connectivity index is 0.00000225. The summed E-state index contributed by atoms with van der Waals surface area (Å²) in [7, 11) is 8.12. The zero-order chi connectivity index (χ0) is 19.0. The first-order valence-electron chi connectivity index (χ1n) is 9.57. The standard InChI is InChI=1S/C24H28NO2.HI/c1-25(2)14-13-19-11-12-22(26-3)24(27-4)23(19)21(25)16-17-9-10-18-7-5-6-8-20(18)15-17;/h5-12,15,21H,13-14,16H2,1-4H3;1H/q+1;/p-1. The van der Waals surface area contributed by atoms with Crippen molar-refractivity contribution in [2.45, 2.75) is 18.9 Å². The summed E-state index contributed by atoms with van der Waals surface area (Å²) < 4.78 is 12.4. The third-order valence-electron chi connectivity index (χ3n) is 6.05. The number of halogens is 1. The lowest BCUT2D eigenvalue weighted by molar-refractivity contribution is -0.923. The number of benzene rings is 3. The van der Waals surface area contributed by atoms with Crippen molar-refractivity contribution in [3.63, 3.8) is 0 Å². The number of hydrogen-bond acceptors (Lipinski definition) is 2. The van der Waals surface area contributed by atoms with Crippen LogP contribution in [-0.2, 0) is 12.8 Å². The summed E-state index contributed by atoms with van der Waals surface area (Å²) in [6.07, 6.45) is 2.05. The van der Waals surface area contributed by atoms with Gasteiger partial charge in [0.05, 0.1) is 40.4 Å². The Morgan fingerprint density at radius 2 is 1.68 bits per heavy atom. The molecule has 148 valence electrons. The third kappa shape index (κ3) is 3.72. The summed E-state index contributed by atoms with van der Waals surface area (Å²) in [6, 6.07) is 20.0. The van der Waals surface area contributed by atoms with E-state index in [2.05, 4.69) is 62.6 Å². The Hall–Kier alpha value is -1.79. The van der Waals surface area contributed by atoms with Crippen molar-refractivity contribution in [1.82, 2.24) is 0 Å².